The van der Waals surface area contributed by atoms with E-state index in [0.717, 1.165) is 23.1 Å². The molecule has 0 heterocycles. The predicted molar refractivity (Wildman–Crippen MR) is 125 cm³/mol. The normalized spacial score (nSPS) is 11.8. The molecular formula is C26H36N2O3. The van der Waals surface area contributed by atoms with E-state index in [4.69, 9.17) is 4.74 Å². The maximum Gasteiger partial charge on any atom is 0.261 e. The second-order valence-electron chi connectivity index (χ2n) is 8.14. The molecule has 0 aliphatic heterocycles. The first-order valence-corrected chi connectivity index (χ1v) is 11.2. The summed E-state index contributed by atoms with van der Waals surface area (Å²) in [7, 11) is 0. The lowest BCUT2D eigenvalue weighted by atomic mass is 10.0. The molecule has 1 N–H and O–H groups in total. The fraction of sp³-hybridized carbons (Fsp3) is 0.462. The molecule has 0 aliphatic carbocycles. The Morgan fingerprint density at radius 2 is 1.71 bits per heavy atom. The standard InChI is InChI=1S/C26H36N2O3/c1-6-16-27-26(30)23(7-2)28(17-21-13-9-8-12-20(21)5)25(29)18-31-24-15-11-10-14-22(24)19(3)4/h8-15,19,23H,6-7,16-18H2,1-5H3,(H,27,30)/t23-/m0/s1. The van der Waals surface area contributed by atoms with Crippen molar-refractivity contribution in [1.82, 2.24) is 10.2 Å². The molecule has 0 aliphatic rings. The number of aryl methyl sites for hydroxylation is 1. The highest BCUT2D eigenvalue weighted by Crippen LogP contribution is 2.26. The van der Waals surface area contributed by atoms with Gasteiger partial charge in [-0.05, 0) is 48.4 Å². The second-order valence-corrected chi connectivity index (χ2v) is 8.14. The molecule has 0 saturated heterocycles. The first-order valence-electron chi connectivity index (χ1n) is 11.2. The Morgan fingerprint density at radius 1 is 1.03 bits per heavy atom. The van der Waals surface area contributed by atoms with Gasteiger partial charge in [0.15, 0.2) is 6.61 Å². The number of hydrogen-bond donors (Lipinski definition) is 1. The lowest BCUT2D eigenvalue weighted by Crippen LogP contribution is -2.50. The van der Waals surface area contributed by atoms with Crippen molar-refractivity contribution in [3.05, 3.63) is 65.2 Å². The molecule has 1 atom stereocenters. The number of rotatable bonds is 11. The highest BCUT2D eigenvalue weighted by Gasteiger charge is 2.29. The predicted octanol–water partition coefficient (Wildman–Crippen LogP) is 4.83. The molecule has 2 rings (SSSR count). The Morgan fingerprint density at radius 3 is 2.35 bits per heavy atom. The van der Waals surface area contributed by atoms with Crippen molar-refractivity contribution in [3.8, 4) is 5.75 Å². The number of carbonyl (C=O) groups excluding carboxylic acids is 2. The molecule has 0 aromatic heterocycles. The lowest BCUT2D eigenvalue weighted by molar-refractivity contribution is -0.143. The van der Waals surface area contributed by atoms with Gasteiger partial charge in [0.05, 0.1) is 0 Å². The van der Waals surface area contributed by atoms with Gasteiger partial charge in [-0.15, -0.1) is 0 Å². The van der Waals surface area contributed by atoms with E-state index in [1.165, 1.54) is 0 Å². The van der Waals surface area contributed by atoms with Crippen LogP contribution in [0.15, 0.2) is 48.5 Å². The van der Waals surface area contributed by atoms with Crippen LogP contribution in [0.4, 0.5) is 0 Å². The molecule has 2 aromatic rings. The van der Waals surface area contributed by atoms with Gasteiger partial charge in [-0.3, -0.25) is 9.59 Å². The summed E-state index contributed by atoms with van der Waals surface area (Å²) in [6.07, 6.45) is 1.39. The largest absolute Gasteiger partial charge is 0.483 e. The summed E-state index contributed by atoms with van der Waals surface area (Å²) in [6, 6.07) is 15.2. The summed E-state index contributed by atoms with van der Waals surface area (Å²) in [5, 5.41) is 2.94. The molecule has 2 amide bonds. The Bertz CT molecular complexity index is 863. The average molecular weight is 425 g/mol. The van der Waals surface area contributed by atoms with Crippen molar-refractivity contribution in [2.24, 2.45) is 0 Å². The molecule has 0 unspecified atom stereocenters. The Balaban J connectivity index is 2.25. The molecule has 0 fully saturated rings. The third-order valence-corrected chi connectivity index (χ3v) is 5.43. The van der Waals surface area contributed by atoms with Crippen LogP contribution in [0.1, 0.15) is 63.1 Å². The van der Waals surface area contributed by atoms with Crippen LogP contribution in [0, 0.1) is 6.92 Å². The van der Waals surface area contributed by atoms with E-state index in [2.05, 4.69) is 19.2 Å². The number of ether oxygens (including phenoxy) is 1. The van der Waals surface area contributed by atoms with Crippen LogP contribution >= 0.6 is 0 Å². The number of nitrogens with zero attached hydrogens (tertiary/aromatic N) is 1. The molecule has 0 saturated carbocycles. The maximum absolute atomic E-state index is 13.3. The van der Waals surface area contributed by atoms with Crippen LogP contribution in [-0.4, -0.2) is 35.9 Å². The second kappa shape index (κ2) is 12.1. The van der Waals surface area contributed by atoms with Gasteiger partial charge in [-0.25, -0.2) is 0 Å². The van der Waals surface area contributed by atoms with E-state index in [1.54, 1.807) is 4.90 Å². The van der Waals surface area contributed by atoms with Crippen molar-refractivity contribution in [1.29, 1.82) is 0 Å². The summed E-state index contributed by atoms with van der Waals surface area (Å²) in [4.78, 5) is 27.8. The molecule has 5 nitrogen and oxygen atoms in total. The minimum absolute atomic E-state index is 0.104. The number of carbonyl (C=O) groups is 2. The number of hydrogen-bond acceptors (Lipinski definition) is 3. The number of para-hydroxylation sites is 1. The molecule has 0 spiro atoms. The van der Waals surface area contributed by atoms with Gasteiger partial charge >= 0.3 is 0 Å². The monoisotopic (exact) mass is 424 g/mol. The molecule has 5 heteroatoms. The summed E-state index contributed by atoms with van der Waals surface area (Å²) in [6.45, 7) is 11.0. The van der Waals surface area contributed by atoms with Crippen molar-refractivity contribution in [2.45, 2.75) is 66.0 Å². The first-order chi connectivity index (χ1) is 14.9. The summed E-state index contributed by atoms with van der Waals surface area (Å²) in [5.74, 6) is 0.692. The Labute approximate surface area is 186 Å². The van der Waals surface area contributed by atoms with Crippen LogP contribution < -0.4 is 10.1 Å². The SMILES string of the molecule is CCCNC(=O)[C@H](CC)N(Cc1ccccc1C)C(=O)COc1ccccc1C(C)C. The zero-order valence-electron chi connectivity index (χ0n) is 19.5. The van der Waals surface area contributed by atoms with E-state index in [1.807, 2.05) is 69.3 Å². The minimum atomic E-state index is -0.539. The molecule has 0 radical (unpaired) electrons. The Hall–Kier alpha value is -2.82. The zero-order chi connectivity index (χ0) is 22.8. The zero-order valence-corrected chi connectivity index (χ0v) is 19.5. The van der Waals surface area contributed by atoms with E-state index >= 15 is 0 Å². The number of nitrogens with one attached hydrogen (secondary N) is 1. The van der Waals surface area contributed by atoms with Crippen molar-refractivity contribution < 1.29 is 14.3 Å². The van der Waals surface area contributed by atoms with Gasteiger partial charge < -0.3 is 15.0 Å². The first kappa shape index (κ1) is 24.4. The fourth-order valence-corrected chi connectivity index (χ4v) is 3.57. The third kappa shape index (κ3) is 6.84. The number of amides is 2. The van der Waals surface area contributed by atoms with Gasteiger partial charge in [-0.2, -0.15) is 0 Å². The van der Waals surface area contributed by atoms with Gasteiger partial charge in [0, 0.05) is 13.1 Å². The van der Waals surface area contributed by atoms with Crippen molar-refractivity contribution in [2.75, 3.05) is 13.2 Å². The Kier molecular flexibility index (Phi) is 9.57. The van der Waals surface area contributed by atoms with Crippen LogP contribution in [0.2, 0.25) is 0 Å². The highest BCUT2D eigenvalue weighted by atomic mass is 16.5. The average Bonchev–Trinajstić information content (AvgIpc) is 2.77. The van der Waals surface area contributed by atoms with Gasteiger partial charge in [0.25, 0.3) is 5.91 Å². The number of benzene rings is 2. The summed E-state index contributed by atoms with van der Waals surface area (Å²) >= 11 is 0. The van der Waals surface area contributed by atoms with E-state index in [9.17, 15) is 9.59 Å². The van der Waals surface area contributed by atoms with Gasteiger partial charge in [-0.1, -0.05) is 70.2 Å². The van der Waals surface area contributed by atoms with Crippen LogP contribution in [0.3, 0.4) is 0 Å². The fourth-order valence-electron chi connectivity index (χ4n) is 3.57. The van der Waals surface area contributed by atoms with Crippen LogP contribution in [-0.2, 0) is 16.1 Å². The molecule has 0 bridgehead atoms. The topological polar surface area (TPSA) is 58.6 Å². The van der Waals surface area contributed by atoms with Crippen LogP contribution in [0.5, 0.6) is 5.75 Å². The van der Waals surface area contributed by atoms with Crippen LogP contribution in [0.25, 0.3) is 0 Å². The lowest BCUT2D eigenvalue weighted by Gasteiger charge is -2.31. The molecule has 31 heavy (non-hydrogen) atoms. The van der Waals surface area contributed by atoms with Crippen molar-refractivity contribution >= 4 is 11.8 Å². The van der Waals surface area contributed by atoms with Crippen molar-refractivity contribution in [3.63, 3.8) is 0 Å². The minimum Gasteiger partial charge on any atom is -0.483 e. The quantitative estimate of drug-likeness (QED) is 0.562. The summed E-state index contributed by atoms with van der Waals surface area (Å²) < 4.78 is 5.94. The van der Waals surface area contributed by atoms with Gasteiger partial charge in [0.2, 0.25) is 5.91 Å². The molecule has 2 aromatic carbocycles. The molecule has 168 valence electrons. The van der Waals surface area contributed by atoms with E-state index in [-0.39, 0.29) is 24.3 Å². The third-order valence-electron chi connectivity index (χ3n) is 5.43. The highest BCUT2D eigenvalue weighted by molar-refractivity contribution is 5.88. The maximum atomic E-state index is 13.3. The van der Waals surface area contributed by atoms with E-state index < -0.39 is 6.04 Å². The van der Waals surface area contributed by atoms with Gasteiger partial charge in [0.1, 0.15) is 11.8 Å². The summed E-state index contributed by atoms with van der Waals surface area (Å²) in [5.41, 5.74) is 3.18. The van der Waals surface area contributed by atoms with E-state index in [0.29, 0.717) is 25.3 Å². The molecular weight excluding hydrogens is 388 g/mol. The smallest absolute Gasteiger partial charge is 0.261 e.